The quantitative estimate of drug-likeness (QED) is 0.610. The van der Waals surface area contributed by atoms with Crippen molar-refractivity contribution >= 4 is 22.3 Å². The second kappa shape index (κ2) is 5.66. The summed E-state index contributed by atoms with van der Waals surface area (Å²) in [4.78, 5) is 30.5. The van der Waals surface area contributed by atoms with Crippen molar-refractivity contribution in [3.8, 4) is 0 Å². The van der Waals surface area contributed by atoms with Crippen molar-refractivity contribution in [2.24, 2.45) is 5.73 Å². The largest absolute Gasteiger partial charge is 0.369 e. The highest BCUT2D eigenvalue weighted by Gasteiger charge is 2.19. The average molecular weight is 277 g/mol. The fourth-order valence-electron chi connectivity index (χ4n) is 1.99. The Bertz CT molecular complexity index is 697. The molecule has 0 amide bonds. The topological polar surface area (TPSA) is 118 Å². The molecule has 0 aliphatic heterocycles. The van der Waals surface area contributed by atoms with Gasteiger partial charge in [0.05, 0.1) is 22.2 Å². The van der Waals surface area contributed by atoms with E-state index >= 15 is 0 Å². The summed E-state index contributed by atoms with van der Waals surface area (Å²) in [6.07, 6.45) is 1.99. The summed E-state index contributed by atoms with van der Waals surface area (Å²) >= 11 is 0. The van der Waals surface area contributed by atoms with E-state index in [9.17, 15) is 14.9 Å². The third kappa shape index (κ3) is 2.59. The normalized spacial score (nSPS) is 10.7. The first kappa shape index (κ1) is 13.9. The zero-order chi connectivity index (χ0) is 14.7. The molecule has 20 heavy (non-hydrogen) atoms. The lowest BCUT2D eigenvalue weighted by Crippen LogP contribution is -2.22. The predicted octanol–water partition coefficient (Wildman–Crippen LogP) is 0.616. The zero-order valence-electron chi connectivity index (χ0n) is 11.0. The van der Waals surface area contributed by atoms with Crippen LogP contribution in [0.25, 0.3) is 10.9 Å². The third-order valence-corrected chi connectivity index (χ3v) is 3.04. The van der Waals surface area contributed by atoms with Gasteiger partial charge in [0, 0.05) is 19.7 Å². The minimum absolute atomic E-state index is 0.115. The second-order valence-corrected chi connectivity index (χ2v) is 4.41. The number of fused-ring (bicyclic) bond motifs is 1. The van der Waals surface area contributed by atoms with Crippen molar-refractivity contribution in [1.29, 1.82) is 0 Å². The summed E-state index contributed by atoms with van der Waals surface area (Å²) in [6.45, 7) is 1.09. The highest BCUT2D eigenvalue weighted by molar-refractivity contribution is 5.86. The molecule has 1 aromatic carbocycles. The summed E-state index contributed by atoms with van der Waals surface area (Å²) in [7, 11) is 1.75. The zero-order valence-corrected chi connectivity index (χ0v) is 11.0. The Labute approximate surface area is 114 Å². The first-order valence-electron chi connectivity index (χ1n) is 6.11. The van der Waals surface area contributed by atoms with Crippen LogP contribution in [0, 0.1) is 10.1 Å². The SMILES string of the molecule is CN(CCCN)c1cc2nc[nH]c(=O)c2cc1[N+](=O)[O-]. The van der Waals surface area contributed by atoms with Crippen LogP contribution in [-0.4, -0.2) is 35.0 Å². The van der Waals surface area contributed by atoms with Crippen LogP contribution in [0.2, 0.25) is 0 Å². The fourth-order valence-corrected chi connectivity index (χ4v) is 1.99. The number of rotatable bonds is 5. The minimum atomic E-state index is -0.500. The molecule has 106 valence electrons. The lowest BCUT2D eigenvalue weighted by Gasteiger charge is -2.18. The Hall–Kier alpha value is -2.48. The minimum Gasteiger partial charge on any atom is -0.369 e. The number of aromatic amines is 1. The number of nitrogens with two attached hydrogens (primary N) is 1. The number of anilines is 1. The molecule has 2 rings (SSSR count). The van der Waals surface area contributed by atoms with Crippen molar-refractivity contribution in [2.75, 3.05) is 25.0 Å². The van der Waals surface area contributed by atoms with Gasteiger partial charge in [0.1, 0.15) is 5.69 Å². The molecule has 0 aliphatic rings. The standard InChI is InChI=1S/C12H15N5O3/c1-16(4-2-3-13)10-6-9-8(5-11(10)17(19)20)12(18)15-7-14-9/h5-7H,2-4,13H2,1H3,(H,14,15,18). The number of hydrogen-bond donors (Lipinski definition) is 2. The number of nitrogens with one attached hydrogen (secondary N) is 1. The molecule has 8 nitrogen and oxygen atoms in total. The number of nitro groups is 1. The van der Waals surface area contributed by atoms with Crippen molar-refractivity contribution in [3.63, 3.8) is 0 Å². The van der Waals surface area contributed by atoms with E-state index in [4.69, 9.17) is 5.73 Å². The molecular formula is C12H15N5O3. The van der Waals surface area contributed by atoms with Gasteiger partial charge < -0.3 is 15.6 Å². The summed E-state index contributed by atoms with van der Waals surface area (Å²) in [5, 5.41) is 11.4. The van der Waals surface area contributed by atoms with E-state index < -0.39 is 10.5 Å². The van der Waals surface area contributed by atoms with E-state index in [2.05, 4.69) is 9.97 Å². The molecule has 0 saturated heterocycles. The number of nitrogens with zero attached hydrogens (tertiary/aromatic N) is 3. The van der Waals surface area contributed by atoms with Gasteiger partial charge in [0.25, 0.3) is 11.2 Å². The maximum absolute atomic E-state index is 11.7. The van der Waals surface area contributed by atoms with Gasteiger partial charge in [0.2, 0.25) is 0 Å². The predicted molar refractivity (Wildman–Crippen MR) is 76.0 cm³/mol. The van der Waals surface area contributed by atoms with E-state index in [0.29, 0.717) is 30.7 Å². The Morgan fingerprint density at radius 2 is 2.25 bits per heavy atom. The van der Waals surface area contributed by atoms with Gasteiger partial charge in [-0.25, -0.2) is 4.98 Å². The molecule has 0 unspecified atom stereocenters. The molecule has 1 aromatic heterocycles. The molecule has 8 heteroatoms. The van der Waals surface area contributed by atoms with Gasteiger partial charge in [-0.2, -0.15) is 0 Å². The molecule has 0 saturated carbocycles. The Morgan fingerprint density at radius 1 is 1.50 bits per heavy atom. The molecule has 0 bridgehead atoms. The number of H-pyrrole nitrogens is 1. The van der Waals surface area contributed by atoms with Crippen LogP contribution in [0.5, 0.6) is 0 Å². The van der Waals surface area contributed by atoms with Crippen LogP contribution in [-0.2, 0) is 0 Å². The van der Waals surface area contributed by atoms with E-state index in [1.165, 1.54) is 12.4 Å². The molecule has 0 spiro atoms. The Morgan fingerprint density at radius 3 is 2.90 bits per heavy atom. The lowest BCUT2D eigenvalue weighted by molar-refractivity contribution is -0.384. The first-order chi connectivity index (χ1) is 9.54. The third-order valence-electron chi connectivity index (χ3n) is 3.04. The number of nitro benzene ring substituents is 1. The Balaban J connectivity index is 2.60. The molecule has 0 aliphatic carbocycles. The molecule has 3 N–H and O–H groups in total. The van der Waals surface area contributed by atoms with E-state index in [-0.39, 0.29) is 11.1 Å². The van der Waals surface area contributed by atoms with Gasteiger partial charge in [-0.3, -0.25) is 14.9 Å². The van der Waals surface area contributed by atoms with E-state index in [1.807, 2.05) is 0 Å². The van der Waals surface area contributed by atoms with Crippen LogP contribution in [0.3, 0.4) is 0 Å². The maximum Gasteiger partial charge on any atom is 0.293 e. The summed E-state index contributed by atoms with van der Waals surface area (Å²) < 4.78 is 0. The van der Waals surface area contributed by atoms with Crippen molar-refractivity contribution < 1.29 is 4.92 Å². The molecule has 2 aromatic rings. The Kier molecular flexibility index (Phi) is 3.94. The number of aromatic nitrogens is 2. The van der Waals surface area contributed by atoms with Gasteiger partial charge in [-0.1, -0.05) is 0 Å². The fraction of sp³-hybridized carbons (Fsp3) is 0.333. The molecule has 0 fully saturated rings. The highest BCUT2D eigenvalue weighted by atomic mass is 16.6. The average Bonchev–Trinajstić information content (AvgIpc) is 2.43. The van der Waals surface area contributed by atoms with Crippen molar-refractivity contribution in [3.05, 3.63) is 38.9 Å². The number of hydrogen-bond acceptors (Lipinski definition) is 6. The number of benzene rings is 1. The smallest absolute Gasteiger partial charge is 0.293 e. The van der Waals surface area contributed by atoms with E-state index in [0.717, 1.165) is 0 Å². The van der Waals surface area contributed by atoms with Gasteiger partial charge in [-0.15, -0.1) is 0 Å². The molecule has 1 heterocycles. The van der Waals surface area contributed by atoms with Gasteiger partial charge >= 0.3 is 0 Å². The van der Waals surface area contributed by atoms with Crippen molar-refractivity contribution in [1.82, 2.24) is 9.97 Å². The molecular weight excluding hydrogens is 262 g/mol. The summed E-state index contributed by atoms with van der Waals surface area (Å²) in [5.41, 5.74) is 5.79. The lowest BCUT2D eigenvalue weighted by atomic mass is 10.1. The van der Waals surface area contributed by atoms with Crippen LogP contribution in [0.1, 0.15) is 6.42 Å². The van der Waals surface area contributed by atoms with Crippen LogP contribution in [0.4, 0.5) is 11.4 Å². The van der Waals surface area contributed by atoms with Gasteiger partial charge in [-0.05, 0) is 19.0 Å². The maximum atomic E-state index is 11.7. The summed E-state index contributed by atoms with van der Waals surface area (Å²) in [5.74, 6) is 0. The first-order valence-corrected chi connectivity index (χ1v) is 6.11. The van der Waals surface area contributed by atoms with E-state index in [1.54, 1.807) is 18.0 Å². The second-order valence-electron chi connectivity index (χ2n) is 4.41. The summed E-state index contributed by atoms with van der Waals surface area (Å²) in [6, 6.07) is 2.81. The van der Waals surface area contributed by atoms with Crippen LogP contribution < -0.4 is 16.2 Å². The van der Waals surface area contributed by atoms with Crippen LogP contribution in [0.15, 0.2) is 23.3 Å². The van der Waals surface area contributed by atoms with Crippen molar-refractivity contribution in [2.45, 2.75) is 6.42 Å². The monoisotopic (exact) mass is 277 g/mol. The molecule has 0 radical (unpaired) electrons. The molecule has 0 atom stereocenters. The van der Waals surface area contributed by atoms with Gasteiger partial charge in [0.15, 0.2) is 0 Å². The highest BCUT2D eigenvalue weighted by Crippen LogP contribution is 2.30. The van der Waals surface area contributed by atoms with Crippen LogP contribution >= 0.6 is 0 Å².